The lowest BCUT2D eigenvalue weighted by atomic mass is 10.0. The maximum Gasteiger partial charge on any atom is 0.255 e. The predicted octanol–water partition coefficient (Wildman–Crippen LogP) is 3.98. The summed E-state index contributed by atoms with van der Waals surface area (Å²) in [5.41, 5.74) is 3.22. The molecule has 2 aliphatic rings. The predicted molar refractivity (Wildman–Crippen MR) is 155 cm³/mol. The van der Waals surface area contributed by atoms with Gasteiger partial charge in [-0.15, -0.1) is 0 Å². The third-order valence-electron chi connectivity index (χ3n) is 7.39. The molecule has 216 valence electrons. The van der Waals surface area contributed by atoms with Crippen LogP contribution in [-0.2, 0) is 16.1 Å². The summed E-state index contributed by atoms with van der Waals surface area (Å²) < 4.78 is 11.0. The summed E-state index contributed by atoms with van der Waals surface area (Å²) in [4.78, 5) is 37.1. The van der Waals surface area contributed by atoms with Gasteiger partial charge in [0.05, 0.1) is 36.2 Å². The van der Waals surface area contributed by atoms with Crippen LogP contribution in [0.4, 0.5) is 5.95 Å². The van der Waals surface area contributed by atoms with Gasteiger partial charge in [0.2, 0.25) is 11.9 Å². The van der Waals surface area contributed by atoms with E-state index < -0.39 is 18.6 Å². The SMILES string of the molecule is CCOc1cccc([C@@H](C)NC(=O)[C@@H](CO)N2Cc3ccc(-c4nc(NC5CCOCC5)ncc4Cl)cc3C2=O)c1. The van der Waals surface area contributed by atoms with Crippen LogP contribution in [-0.4, -0.2) is 70.3 Å². The Morgan fingerprint density at radius 2 is 2.05 bits per heavy atom. The zero-order valence-electron chi connectivity index (χ0n) is 23.1. The Bertz CT molecular complexity index is 1410. The lowest BCUT2D eigenvalue weighted by molar-refractivity contribution is -0.127. The van der Waals surface area contributed by atoms with Gasteiger partial charge in [-0.25, -0.2) is 9.97 Å². The molecule has 0 radical (unpaired) electrons. The molecule has 0 unspecified atom stereocenters. The molecule has 2 aliphatic heterocycles. The van der Waals surface area contributed by atoms with Gasteiger partial charge in [0.1, 0.15) is 11.8 Å². The second-order valence-corrected chi connectivity index (χ2v) is 10.6. The van der Waals surface area contributed by atoms with Crippen LogP contribution in [0.2, 0.25) is 5.02 Å². The second-order valence-electron chi connectivity index (χ2n) is 10.2. The number of carbonyl (C=O) groups excluding carboxylic acids is 2. The summed E-state index contributed by atoms with van der Waals surface area (Å²) in [5.74, 6) is 0.391. The fraction of sp³-hybridized carbons (Fsp3) is 0.400. The van der Waals surface area contributed by atoms with Crippen molar-refractivity contribution in [2.45, 2.75) is 51.4 Å². The molecule has 0 aliphatic carbocycles. The zero-order chi connectivity index (χ0) is 28.9. The molecule has 1 fully saturated rings. The largest absolute Gasteiger partial charge is 0.494 e. The number of hydrogen-bond donors (Lipinski definition) is 3. The Balaban J connectivity index is 1.31. The first kappa shape index (κ1) is 28.8. The van der Waals surface area contributed by atoms with E-state index in [0.29, 0.717) is 53.4 Å². The van der Waals surface area contributed by atoms with Crippen molar-refractivity contribution in [2.75, 3.05) is 31.7 Å². The van der Waals surface area contributed by atoms with Gasteiger partial charge in [-0.3, -0.25) is 9.59 Å². The molecular formula is C30H34ClN5O5. The number of hydrogen-bond acceptors (Lipinski definition) is 8. The second kappa shape index (κ2) is 12.8. The monoisotopic (exact) mass is 579 g/mol. The topological polar surface area (TPSA) is 126 Å². The molecule has 0 spiro atoms. The van der Waals surface area contributed by atoms with E-state index in [-0.39, 0.29) is 24.5 Å². The third-order valence-corrected chi connectivity index (χ3v) is 7.67. The number of ether oxygens (including phenoxy) is 2. The summed E-state index contributed by atoms with van der Waals surface area (Å²) in [5, 5.41) is 16.8. The molecule has 3 aromatic rings. The van der Waals surface area contributed by atoms with Gasteiger partial charge in [0.25, 0.3) is 5.91 Å². The van der Waals surface area contributed by atoms with Crippen LogP contribution in [0.25, 0.3) is 11.3 Å². The number of aliphatic hydroxyl groups is 1. The van der Waals surface area contributed by atoms with Crippen molar-refractivity contribution in [1.29, 1.82) is 0 Å². The molecule has 1 saturated heterocycles. The van der Waals surface area contributed by atoms with E-state index in [9.17, 15) is 14.7 Å². The summed E-state index contributed by atoms with van der Waals surface area (Å²) in [7, 11) is 0. The Kier molecular flexibility index (Phi) is 9.02. The van der Waals surface area contributed by atoms with Gasteiger partial charge in [0.15, 0.2) is 0 Å². The van der Waals surface area contributed by atoms with E-state index in [4.69, 9.17) is 21.1 Å². The van der Waals surface area contributed by atoms with E-state index in [1.807, 2.05) is 50.2 Å². The third kappa shape index (κ3) is 6.45. The number of nitrogens with one attached hydrogen (secondary N) is 2. The van der Waals surface area contributed by atoms with Crippen molar-refractivity contribution in [2.24, 2.45) is 0 Å². The lowest BCUT2D eigenvalue weighted by Crippen LogP contribution is -2.49. The highest BCUT2D eigenvalue weighted by atomic mass is 35.5. The maximum absolute atomic E-state index is 13.5. The molecule has 2 atom stereocenters. The quantitative estimate of drug-likeness (QED) is 0.329. The van der Waals surface area contributed by atoms with Gasteiger partial charge in [0, 0.05) is 36.9 Å². The van der Waals surface area contributed by atoms with Crippen molar-refractivity contribution in [3.8, 4) is 17.0 Å². The summed E-state index contributed by atoms with van der Waals surface area (Å²) >= 11 is 6.47. The molecular weight excluding hydrogens is 546 g/mol. The molecule has 1 aromatic heterocycles. The number of aliphatic hydroxyl groups excluding tert-OH is 1. The maximum atomic E-state index is 13.5. The van der Waals surface area contributed by atoms with E-state index in [1.54, 1.807) is 12.3 Å². The molecule has 41 heavy (non-hydrogen) atoms. The number of nitrogens with zero attached hydrogens (tertiary/aromatic N) is 3. The van der Waals surface area contributed by atoms with Gasteiger partial charge in [-0.2, -0.15) is 0 Å². The molecule has 3 heterocycles. The first-order chi connectivity index (χ1) is 19.9. The normalized spacial score (nSPS) is 16.7. The smallest absolute Gasteiger partial charge is 0.255 e. The number of aromatic nitrogens is 2. The molecule has 10 nitrogen and oxygen atoms in total. The molecule has 2 amide bonds. The van der Waals surface area contributed by atoms with Crippen molar-refractivity contribution >= 4 is 29.4 Å². The first-order valence-corrected chi connectivity index (χ1v) is 14.2. The Morgan fingerprint density at radius 1 is 1.24 bits per heavy atom. The number of amides is 2. The summed E-state index contributed by atoms with van der Waals surface area (Å²) in [6.07, 6.45) is 3.27. The van der Waals surface area contributed by atoms with Gasteiger partial charge < -0.3 is 30.1 Å². The van der Waals surface area contributed by atoms with Crippen LogP contribution < -0.4 is 15.4 Å². The fourth-order valence-electron chi connectivity index (χ4n) is 5.14. The first-order valence-electron chi connectivity index (χ1n) is 13.8. The van der Waals surface area contributed by atoms with Crippen LogP contribution in [0.3, 0.4) is 0 Å². The highest BCUT2D eigenvalue weighted by molar-refractivity contribution is 6.33. The van der Waals surface area contributed by atoms with Crippen molar-refractivity contribution < 1.29 is 24.2 Å². The summed E-state index contributed by atoms with van der Waals surface area (Å²) in [6.45, 7) is 5.36. The molecule has 3 N–H and O–H groups in total. The Hall–Kier alpha value is -3.73. The molecule has 0 bridgehead atoms. The minimum atomic E-state index is -1.05. The molecule has 5 rings (SSSR count). The van der Waals surface area contributed by atoms with Gasteiger partial charge in [-0.05, 0) is 56.0 Å². The van der Waals surface area contributed by atoms with Crippen LogP contribution in [0.5, 0.6) is 5.75 Å². The number of halogens is 1. The van der Waals surface area contributed by atoms with Crippen LogP contribution >= 0.6 is 11.6 Å². The minimum absolute atomic E-state index is 0.204. The number of carbonyl (C=O) groups is 2. The Labute approximate surface area is 244 Å². The van der Waals surface area contributed by atoms with Crippen molar-refractivity contribution in [1.82, 2.24) is 20.2 Å². The number of benzene rings is 2. The number of fused-ring (bicyclic) bond motifs is 1. The van der Waals surface area contributed by atoms with E-state index in [2.05, 4.69) is 20.6 Å². The molecule has 11 heteroatoms. The average Bonchev–Trinajstić information content (AvgIpc) is 3.30. The lowest BCUT2D eigenvalue weighted by Gasteiger charge is -2.27. The zero-order valence-corrected chi connectivity index (χ0v) is 23.9. The highest BCUT2D eigenvalue weighted by Gasteiger charge is 2.37. The van der Waals surface area contributed by atoms with E-state index >= 15 is 0 Å². The van der Waals surface area contributed by atoms with E-state index in [1.165, 1.54) is 4.90 Å². The van der Waals surface area contributed by atoms with Crippen LogP contribution in [0.15, 0.2) is 48.7 Å². The minimum Gasteiger partial charge on any atom is -0.494 e. The Morgan fingerprint density at radius 3 is 2.80 bits per heavy atom. The standard InChI is InChI=1S/C30H34ClN5O5/c1-3-41-23-6-4-5-19(13-23)18(2)33-28(38)26(17-37)36-16-21-8-7-20(14-24(21)29(36)39)27-25(31)15-32-30(35-27)34-22-9-11-40-12-10-22/h4-8,13-15,18,22,26,37H,3,9-12,16-17H2,1-2H3,(H,33,38)(H,32,34,35)/t18-,26-/m1/s1. The fourth-order valence-corrected chi connectivity index (χ4v) is 5.34. The van der Waals surface area contributed by atoms with Gasteiger partial charge in [-0.1, -0.05) is 35.9 Å². The number of anilines is 1. The molecule has 2 aromatic carbocycles. The van der Waals surface area contributed by atoms with Crippen molar-refractivity contribution in [3.05, 3.63) is 70.4 Å². The van der Waals surface area contributed by atoms with Crippen LogP contribution in [0.1, 0.15) is 54.2 Å². The number of rotatable bonds is 10. The van der Waals surface area contributed by atoms with E-state index in [0.717, 1.165) is 24.0 Å². The average molecular weight is 580 g/mol. The highest BCUT2D eigenvalue weighted by Crippen LogP contribution is 2.32. The molecule has 0 saturated carbocycles. The van der Waals surface area contributed by atoms with Crippen LogP contribution in [0, 0.1) is 0 Å². The van der Waals surface area contributed by atoms with Crippen molar-refractivity contribution in [3.63, 3.8) is 0 Å². The van der Waals surface area contributed by atoms with Gasteiger partial charge >= 0.3 is 0 Å². The summed E-state index contributed by atoms with van der Waals surface area (Å²) in [6, 6.07) is 11.7.